The molecule has 10 aromatic rings. The first-order valence-corrected chi connectivity index (χ1v) is 21.2. The predicted molar refractivity (Wildman–Crippen MR) is 235 cm³/mol. The van der Waals surface area contributed by atoms with Gasteiger partial charge in [0.25, 0.3) is 0 Å². The van der Waals surface area contributed by atoms with E-state index in [2.05, 4.69) is 160 Å². The molecular weight excluding hydrogens is 749 g/mol. The van der Waals surface area contributed by atoms with Crippen molar-refractivity contribution in [3.8, 4) is 32.1 Å². The van der Waals surface area contributed by atoms with Crippen molar-refractivity contribution in [2.45, 2.75) is 40.4 Å². The Kier molecular flexibility index (Phi) is 9.72. The first kappa shape index (κ1) is 36.0. The summed E-state index contributed by atoms with van der Waals surface area (Å²) in [5.74, 6) is 3.03. The van der Waals surface area contributed by atoms with Gasteiger partial charge in [0.15, 0.2) is 17.5 Å². The fourth-order valence-corrected chi connectivity index (χ4v) is 10.2. The van der Waals surface area contributed by atoms with Crippen LogP contribution in [0.25, 0.3) is 65.2 Å². The smallest absolute Gasteiger partial charge is 0.151 e. The fourth-order valence-electron chi connectivity index (χ4n) is 8.06. The molecule has 6 aromatic heterocycles. The van der Waals surface area contributed by atoms with Gasteiger partial charge in [0, 0.05) is 7.11 Å². The molecule has 0 aliphatic heterocycles. The van der Waals surface area contributed by atoms with Crippen molar-refractivity contribution < 1.29 is 5.11 Å². The average molecular weight is 789 g/mol. The zero-order valence-corrected chi connectivity index (χ0v) is 34.1. The van der Waals surface area contributed by atoms with Gasteiger partial charge < -0.3 is 18.8 Å². The molecule has 0 radical (unpaired) electrons. The molecule has 6 heterocycles. The van der Waals surface area contributed by atoms with Crippen LogP contribution in [0.15, 0.2) is 125 Å². The van der Waals surface area contributed by atoms with Gasteiger partial charge in [-0.05, 0) is 125 Å². The van der Waals surface area contributed by atoms with Gasteiger partial charge in [-0.2, -0.15) is 0 Å². The summed E-state index contributed by atoms with van der Waals surface area (Å²) in [6.07, 6.45) is 0. The van der Waals surface area contributed by atoms with Crippen LogP contribution in [0.3, 0.4) is 0 Å². The van der Waals surface area contributed by atoms with Gasteiger partial charge in [0.2, 0.25) is 0 Å². The number of hydrogen-bond acceptors (Lipinski definition) is 7. The number of thiophene rings is 3. The van der Waals surface area contributed by atoms with E-state index in [0.717, 1.165) is 57.7 Å². The Hall–Kier alpha value is -5.65. The van der Waals surface area contributed by atoms with Gasteiger partial charge in [-0.25, -0.2) is 15.0 Å². The van der Waals surface area contributed by atoms with Crippen LogP contribution >= 0.6 is 34.0 Å². The third kappa shape index (κ3) is 6.19. The lowest BCUT2D eigenvalue weighted by Crippen LogP contribution is -2.16. The maximum Gasteiger partial charge on any atom is 0.151 e. The van der Waals surface area contributed by atoms with Crippen LogP contribution < -0.4 is 0 Å². The summed E-state index contributed by atoms with van der Waals surface area (Å²) in [5.41, 5.74) is 14.4. The molecule has 0 aliphatic carbocycles. The van der Waals surface area contributed by atoms with E-state index in [9.17, 15) is 0 Å². The summed E-state index contributed by atoms with van der Waals surface area (Å²) >= 11 is 5.22. The molecule has 1 N–H and O–H groups in total. The van der Waals surface area contributed by atoms with Crippen molar-refractivity contribution in [1.82, 2.24) is 28.7 Å². The van der Waals surface area contributed by atoms with Crippen molar-refractivity contribution in [2.75, 3.05) is 7.11 Å². The Morgan fingerprint density at radius 1 is 0.411 bits per heavy atom. The number of rotatable bonds is 9. The van der Waals surface area contributed by atoms with Crippen LogP contribution in [0.4, 0.5) is 0 Å². The van der Waals surface area contributed by atoms with Crippen molar-refractivity contribution in [3.63, 3.8) is 0 Å². The van der Waals surface area contributed by atoms with E-state index < -0.39 is 0 Å². The molecule has 0 atom stereocenters. The molecule has 0 unspecified atom stereocenters. The second kappa shape index (κ2) is 15.1. The zero-order valence-electron chi connectivity index (χ0n) is 31.6. The standard InChI is InChI=1S/C45H36N6S3.CH4O/c1-28-31(25-49-37-16-7-4-13-34(37)46-43(49)40-19-10-22-52-40)29(2)33(27-51-39-18-9-6-15-36(39)48-45(51)42-21-12-24-54-42)30(3)32(28)26-50-38-17-8-5-14-35(38)47-44(50)41-20-11-23-53-41;1-2/h4-24H,25-27H2,1-3H3;2H,1H3. The summed E-state index contributed by atoms with van der Waals surface area (Å²) < 4.78 is 7.27. The second-order valence-electron chi connectivity index (χ2n) is 13.8. The lowest BCUT2D eigenvalue weighted by atomic mass is 9.87. The van der Waals surface area contributed by atoms with Crippen molar-refractivity contribution in [2.24, 2.45) is 0 Å². The molecule has 4 aromatic carbocycles. The third-order valence-corrected chi connectivity index (χ3v) is 13.5. The minimum absolute atomic E-state index is 0.705. The minimum Gasteiger partial charge on any atom is -0.400 e. The monoisotopic (exact) mass is 788 g/mol. The molecule has 0 bridgehead atoms. The number of hydrogen-bond donors (Lipinski definition) is 1. The maximum absolute atomic E-state index is 7.00. The molecule has 0 saturated carbocycles. The van der Waals surface area contributed by atoms with Gasteiger partial charge in [-0.1, -0.05) is 54.6 Å². The van der Waals surface area contributed by atoms with Crippen LogP contribution in [-0.4, -0.2) is 40.9 Å². The number of fused-ring (bicyclic) bond motifs is 3. The van der Waals surface area contributed by atoms with Crippen LogP contribution in [0.5, 0.6) is 0 Å². The number of aromatic nitrogens is 6. The van der Waals surface area contributed by atoms with E-state index >= 15 is 0 Å². The molecule has 0 fully saturated rings. The van der Waals surface area contributed by atoms with E-state index in [4.69, 9.17) is 20.1 Å². The van der Waals surface area contributed by atoms with Crippen molar-refractivity contribution in [3.05, 3.63) is 159 Å². The molecule has 0 amide bonds. The summed E-state index contributed by atoms with van der Waals surface area (Å²) in [6.45, 7) is 9.09. The summed E-state index contributed by atoms with van der Waals surface area (Å²) in [4.78, 5) is 19.1. The van der Waals surface area contributed by atoms with Gasteiger partial charge in [-0.3, -0.25) is 0 Å². The number of para-hydroxylation sites is 6. The fraction of sp³-hybridized carbons (Fsp3) is 0.152. The highest BCUT2D eigenvalue weighted by Crippen LogP contribution is 2.37. The van der Waals surface area contributed by atoms with E-state index in [1.807, 2.05) is 0 Å². The van der Waals surface area contributed by atoms with Crippen molar-refractivity contribution >= 4 is 67.1 Å². The Morgan fingerprint density at radius 3 is 0.964 bits per heavy atom. The lowest BCUT2D eigenvalue weighted by Gasteiger charge is -2.25. The summed E-state index contributed by atoms with van der Waals surface area (Å²) in [7, 11) is 1.00. The van der Waals surface area contributed by atoms with E-state index in [1.165, 1.54) is 48.0 Å². The topological polar surface area (TPSA) is 73.7 Å². The van der Waals surface area contributed by atoms with E-state index in [-0.39, 0.29) is 0 Å². The summed E-state index contributed by atoms with van der Waals surface area (Å²) in [5, 5.41) is 13.4. The summed E-state index contributed by atoms with van der Waals surface area (Å²) in [6, 6.07) is 38.5. The largest absolute Gasteiger partial charge is 0.400 e. The molecule has 0 spiro atoms. The molecule has 56 heavy (non-hydrogen) atoms. The molecule has 278 valence electrons. The molecule has 10 heteroatoms. The molecule has 10 rings (SSSR count). The van der Waals surface area contributed by atoms with E-state index in [1.54, 1.807) is 34.0 Å². The minimum atomic E-state index is 0.705. The molecular formula is C46H40N6OS3. The predicted octanol–water partition coefficient (Wildman–Crippen LogP) is 11.6. The van der Waals surface area contributed by atoms with Crippen LogP contribution in [0.1, 0.15) is 33.4 Å². The van der Waals surface area contributed by atoms with Crippen LogP contribution in [-0.2, 0) is 19.6 Å². The molecule has 0 aliphatic rings. The van der Waals surface area contributed by atoms with Gasteiger partial charge in [0.05, 0.1) is 67.4 Å². The zero-order chi connectivity index (χ0) is 38.3. The van der Waals surface area contributed by atoms with Gasteiger partial charge in [0.1, 0.15) is 0 Å². The van der Waals surface area contributed by atoms with Crippen molar-refractivity contribution in [1.29, 1.82) is 0 Å². The number of nitrogens with zero attached hydrogens (tertiary/aromatic N) is 6. The van der Waals surface area contributed by atoms with Gasteiger partial charge in [-0.15, -0.1) is 34.0 Å². The quantitative estimate of drug-likeness (QED) is 0.158. The highest BCUT2D eigenvalue weighted by atomic mass is 32.1. The third-order valence-electron chi connectivity index (χ3n) is 10.9. The lowest BCUT2D eigenvalue weighted by molar-refractivity contribution is 0.399. The van der Waals surface area contributed by atoms with Crippen LogP contribution in [0, 0.1) is 20.8 Å². The number of benzene rings is 4. The number of aliphatic hydroxyl groups excluding tert-OH is 1. The SMILES string of the molecule is CO.Cc1c(Cn2c(-c3cccs3)nc3ccccc32)c(C)c(Cn2c(-c3cccs3)nc3ccccc32)c(C)c1Cn1c(-c2cccs2)nc2ccccc21. The Bertz CT molecular complexity index is 2610. The second-order valence-corrected chi connectivity index (χ2v) is 16.6. The first-order chi connectivity index (χ1) is 27.5. The van der Waals surface area contributed by atoms with E-state index in [0.29, 0.717) is 19.6 Å². The Balaban J connectivity index is 0.00000202. The average Bonchev–Trinajstić information content (AvgIpc) is 4.09. The Morgan fingerprint density at radius 2 is 0.696 bits per heavy atom. The number of imidazole rings is 3. The molecule has 0 saturated heterocycles. The van der Waals surface area contributed by atoms with Gasteiger partial charge >= 0.3 is 0 Å². The van der Waals surface area contributed by atoms with Crippen LogP contribution in [0.2, 0.25) is 0 Å². The molecule has 7 nitrogen and oxygen atoms in total. The number of aliphatic hydroxyl groups is 1. The highest BCUT2D eigenvalue weighted by molar-refractivity contribution is 7.14. The maximum atomic E-state index is 7.00. The Labute approximate surface area is 337 Å². The normalized spacial score (nSPS) is 11.5. The first-order valence-electron chi connectivity index (χ1n) is 18.6. The highest BCUT2D eigenvalue weighted by Gasteiger charge is 2.24.